The number of methoxy groups -OCH3 is 1. The van der Waals surface area contributed by atoms with E-state index in [0.717, 1.165) is 23.2 Å². The van der Waals surface area contributed by atoms with Crippen molar-refractivity contribution in [1.82, 2.24) is 5.32 Å². The average molecular weight is 449 g/mol. The number of benzene rings is 2. The van der Waals surface area contributed by atoms with E-state index >= 15 is 0 Å². The summed E-state index contributed by atoms with van der Waals surface area (Å²) in [4.78, 5) is 29.5. The second-order valence-corrected chi connectivity index (χ2v) is 9.08. The molecule has 3 aromatic rings. The Morgan fingerprint density at radius 2 is 1.91 bits per heavy atom. The highest BCUT2D eigenvalue weighted by Crippen LogP contribution is 2.43. The van der Waals surface area contributed by atoms with Crippen LogP contribution in [0.1, 0.15) is 34.9 Å². The van der Waals surface area contributed by atoms with E-state index in [2.05, 4.69) is 11.4 Å². The fraction of sp³-hybridized carbons (Fsp3) is 0.308. The monoisotopic (exact) mass is 448 g/mol. The predicted molar refractivity (Wildman–Crippen MR) is 128 cm³/mol. The second-order valence-electron chi connectivity index (χ2n) is 8.05. The van der Waals surface area contributed by atoms with Crippen LogP contribution in [-0.2, 0) is 16.0 Å². The Balaban J connectivity index is 1.66. The third kappa shape index (κ3) is 4.70. The molecule has 0 radical (unpaired) electrons. The largest absolute Gasteiger partial charge is 0.496 e. The molecule has 0 aliphatic carbocycles. The summed E-state index contributed by atoms with van der Waals surface area (Å²) in [6.45, 7) is 2.59. The fourth-order valence-electron chi connectivity index (χ4n) is 4.34. The lowest BCUT2D eigenvalue weighted by Gasteiger charge is -2.41. The van der Waals surface area contributed by atoms with Crippen LogP contribution in [0.3, 0.4) is 0 Å². The van der Waals surface area contributed by atoms with Gasteiger partial charge in [-0.2, -0.15) is 0 Å². The van der Waals surface area contributed by atoms with E-state index in [0.29, 0.717) is 25.1 Å². The van der Waals surface area contributed by atoms with Crippen molar-refractivity contribution in [2.75, 3.05) is 18.6 Å². The van der Waals surface area contributed by atoms with Crippen molar-refractivity contribution < 1.29 is 14.3 Å². The van der Waals surface area contributed by atoms with Gasteiger partial charge in [-0.3, -0.25) is 9.59 Å². The van der Waals surface area contributed by atoms with Gasteiger partial charge in [0.25, 0.3) is 0 Å². The third-order valence-electron chi connectivity index (χ3n) is 5.95. The lowest BCUT2D eigenvalue weighted by atomic mass is 9.82. The molecule has 6 heteroatoms. The highest BCUT2D eigenvalue weighted by Gasteiger charge is 2.42. The first-order valence-corrected chi connectivity index (χ1v) is 11.8. The minimum atomic E-state index is -0.433. The molecular formula is C26H28N2O3S. The number of carbonyl (C=O) groups excluding carboxylic acids is 2. The van der Waals surface area contributed by atoms with E-state index in [9.17, 15) is 9.59 Å². The van der Waals surface area contributed by atoms with Gasteiger partial charge in [-0.05, 0) is 49.4 Å². The normalized spacial score (nSPS) is 18.4. The number of amides is 2. The molecule has 2 unspecified atom stereocenters. The Morgan fingerprint density at radius 1 is 1.12 bits per heavy atom. The van der Waals surface area contributed by atoms with Crippen LogP contribution in [0.25, 0.3) is 0 Å². The fourth-order valence-corrected chi connectivity index (χ4v) is 5.05. The van der Waals surface area contributed by atoms with Gasteiger partial charge in [0.05, 0.1) is 19.1 Å². The van der Waals surface area contributed by atoms with E-state index in [-0.39, 0.29) is 17.7 Å². The van der Waals surface area contributed by atoms with Crippen LogP contribution in [0.5, 0.6) is 5.75 Å². The standard InChI is InChI=1S/C26H28N2O3S/c1-18-9-11-19(12-10-18)28-24(29)14-13-22(25(28)21-7-3-4-8-23(21)31-2)26(30)27-16-15-20-6-5-17-32-20/h3-12,17,22,25H,13-16H2,1-2H3,(H,27,30). The molecule has 1 fully saturated rings. The van der Waals surface area contributed by atoms with Gasteiger partial charge in [-0.1, -0.05) is 42.0 Å². The number of rotatable bonds is 7. The summed E-state index contributed by atoms with van der Waals surface area (Å²) >= 11 is 1.69. The molecule has 0 bridgehead atoms. The zero-order valence-electron chi connectivity index (χ0n) is 18.4. The van der Waals surface area contributed by atoms with Crippen molar-refractivity contribution in [3.63, 3.8) is 0 Å². The molecule has 1 saturated heterocycles. The molecule has 2 aromatic carbocycles. The minimum absolute atomic E-state index is 0.0207. The molecule has 0 saturated carbocycles. The number of aryl methyl sites for hydroxylation is 1. The van der Waals surface area contributed by atoms with Gasteiger partial charge in [0, 0.05) is 29.1 Å². The van der Waals surface area contributed by atoms with Crippen molar-refractivity contribution in [1.29, 1.82) is 0 Å². The topological polar surface area (TPSA) is 58.6 Å². The highest BCUT2D eigenvalue weighted by atomic mass is 32.1. The number of para-hydroxylation sites is 1. The van der Waals surface area contributed by atoms with Crippen molar-refractivity contribution in [2.45, 2.75) is 32.2 Å². The van der Waals surface area contributed by atoms with Crippen molar-refractivity contribution >= 4 is 28.8 Å². The zero-order valence-corrected chi connectivity index (χ0v) is 19.2. The van der Waals surface area contributed by atoms with Gasteiger partial charge in [-0.15, -0.1) is 11.3 Å². The Morgan fingerprint density at radius 3 is 2.62 bits per heavy atom. The summed E-state index contributed by atoms with van der Waals surface area (Å²) in [5, 5.41) is 5.16. The highest BCUT2D eigenvalue weighted by molar-refractivity contribution is 7.09. The van der Waals surface area contributed by atoms with E-state index < -0.39 is 6.04 Å². The quantitative estimate of drug-likeness (QED) is 0.559. The van der Waals surface area contributed by atoms with Crippen LogP contribution in [0, 0.1) is 12.8 Å². The van der Waals surface area contributed by atoms with Gasteiger partial charge in [-0.25, -0.2) is 0 Å². The number of piperidine rings is 1. The number of hydrogen-bond donors (Lipinski definition) is 1. The van der Waals surface area contributed by atoms with Gasteiger partial charge in [0.2, 0.25) is 11.8 Å². The maximum Gasteiger partial charge on any atom is 0.227 e. The average Bonchev–Trinajstić information content (AvgIpc) is 3.33. The molecule has 32 heavy (non-hydrogen) atoms. The Hall–Kier alpha value is -3.12. The third-order valence-corrected chi connectivity index (χ3v) is 6.89. The molecule has 166 valence electrons. The Bertz CT molecular complexity index is 1060. The molecule has 2 heterocycles. The lowest BCUT2D eigenvalue weighted by molar-refractivity contribution is -0.129. The maximum atomic E-state index is 13.4. The summed E-state index contributed by atoms with van der Waals surface area (Å²) in [5.41, 5.74) is 2.77. The number of thiophene rings is 1. The zero-order chi connectivity index (χ0) is 22.5. The number of nitrogens with one attached hydrogen (secondary N) is 1. The predicted octanol–water partition coefficient (Wildman–Crippen LogP) is 4.91. The molecule has 2 atom stereocenters. The maximum absolute atomic E-state index is 13.4. The molecule has 5 nitrogen and oxygen atoms in total. The summed E-state index contributed by atoms with van der Waals surface area (Å²) in [7, 11) is 1.62. The molecule has 4 rings (SSSR count). The van der Waals surface area contributed by atoms with Gasteiger partial charge in [0.15, 0.2) is 0 Å². The number of hydrogen-bond acceptors (Lipinski definition) is 4. The SMILES string of the molecule is COc1ccccc1C1C(C(=O)NCCc2cccs2)CCC(=O)N1c1ccc(C)cc1. The summed E-state index contributed by atoms with van der Waals surface area (Å²) < 4.78 is 5.63. The first-order chi connectivity index (χ1) is 15.6. The number of nitrogens with zero attached hydrogens (tertiary/aromatic N) is 1. The number of carbonyl (C=O) groups is 2. The van der Waals surface area contributed by atoms with Crippen LogP contribution in [0.2, 0.25) is 0 Å². The van der Waals surface area contributed by atoms with Gasteiger partial charge < -0.3 is 15.0 Å². The van der Waals surface area contributed by atoms with Crippen molar-refractivity contribution in [2.24, 2.45) is 5.92 Å². The summed E-state index contributed by atoms with van der Waals surface area (Å²) in [5.74, 6) is 0.309. The van der Waals surface area contributed by atoms with Crippen LogP contribution in [-0.4, -0.2) is 25.5 Å². The van der Waals surface area contributed by atoms with E-state index in [1.54, 1.807) is 23.3 Å². The van der Waals surface area contributed by atoms with Crippen LogP contribution in [0.15, 0.2) is 66.0 Å². The minimum Gasteiger partial charge on any atom is -0.496 e. The van der Waals surface area contributed by atoms with E-state index in [1.165, 1.54) is 4.88 Å². The second kappa shape index (κ2) is 10.0. The van der Waals surface area contributed by atoms with E-state index in [1.807, 2.05) is 66.9 Å². The van der Waals surface area contributed by atoms with Crippen molar-refractivity contribution in [3.05, 3.63) is 82.0 Å². The van der Waals surface area contributed by atoms with Crippen LogP contribution < -0.4 is 15.0 Å². The van der Waals surface area contributed by atoms with Crippen LogP contribution >= 0.6 is 11.3 Å². The van der Waals surface area contributed by atoms with Gasteiger partial charge in [0.1, 0.15) is 5.75 Å². The molecule has 1 aromatic heterocycles. The first kappa shape index (κ1) is 22.1. The first-order valence-electron chi connectivity index (χ1n) is 10.9. The Labute approximate surface area is 193 Å². The number of anilines is 1. The summed E-state index contributed by atoms with van der Waals surface area (Å²) in [6, 6.07) is 19.2. The lowest BCUT2D eigenvalue weighted by Crippen LogP contribution is -2.48. The summed E-state index contributed by atoms with van der Waals surface area (Å²) in [6.07, 6.45) is 1.65. The molecular weight excluding hydrogens is 420 g/mol. The van der Waals surface area contributed by atoms with Crippen LogP contribution in [0.4, 0.5) is 5.69 Å². The molecule has 1 aliphatic heterocycles. The van der Waals surface area contributed by atoms with Crippen molar-refractivity contribution in [3.8, 4) is 5.75 Å². The molecule has 0 spiro atoms. The molecule has 2 amide bonds. The molecule has 1 N–H and O–H groups in total. The Kier molecular flexibility index (Phi) is 6.90. The van der Waals surface area contributed by atoms with E-state index in [4.69, 9.17) is 4.74 Å². The number of ether oxygens (including phenoxy) is 1. The molecule has 1 aliphatic rings. The smallest absolute Gasteiger partial charge is 0.227 e. The van der Waals surface area contributed by atoms with Gasteiger partial charge >= 0.3 is 0 Å².